The fourth-order valence-electron chi connectivity index (χ4n) is 5.15. The molecule has 0 bridgehead atoms. The van der Waals surface area contributed by atoms with E-state index >= 15 is 0 Å². The zero-order valence-corrected chi connectivity index (χ0v) is 22.3. The number of amides is 2. The summed E-state index contributed by atoms with van der Waals surface area (Å²) in [6.45, 7) is 5.09. The fraction of sp³-hybridized carbons (Fsp3) is 0.609. The fourth-order valence-corrected chi connectivity index (χ4v) is 7.87. The number of nitrogens with one attached hydrogen (secondary N) is 1. The average molecular weight is 556 g/mol. The topological polar surface area (TPSA) is 112 Å². The number of likely N-dealkylation sites (tertiary alicyclic amines) is 2. The van der Waals surface area contributed by atoms with Crippen molar-refractivity contribution in [3.05, 3.63) is 23.4 Å². The molecule has 3 fully saturated rings. The summed E-state index contributed by atoms with van der Waals surface area (Å²) < 4.78 is 34.9. The van der Waals surface area contributed by atoms with Crippen LogP contribution < -0.4 is 4.72 Å². The number of hydrogen-bond acceptors (Lipinski definition) is 8. The molecule has 0 radical (unpaired) electrons. The van der Waals surface area contributed by atoms with Crippen LogP contribution in [0, 0.1) is 0 Å². The van der Waals surface area contributed by atoms with E-state index in [1.807, 2.05) is 4.90 Å². The normalized spacial score (nSPS) is 24.1. The molecule has 5 heterocycles. The van der Waals surface area contributed by atoms with Crippen molar-refractivity contribution in [2.75, 3.05) is 52.5 Å². The van der Waals surface area contributed by atoms with Crippen molar-refractivity contribution in [3.8, 4) is 0 Å². The Morgan fingerprint density at radius 1 is 1.17 bits per heavy atom. The Labute approximate surface area is 219 Å². The van der Waals surface area contributed by atoms with Gasteiger partial charge in [-0.1, -0.05) is 11.6 Å². The third-order valence-electron chi connectivity index (χ3n) is 7.01. The second kappa shape index (κ2) is 10.9. The molecule has 3 aliphatic rings. The van der Waals surface area contributed by atoms with Gasteiger partial charge in [0.2, 0.25) is 11.8 Å². The van der Waals surface area contributed by atoms with E-state index in [2.05, 4.69) is 14.6 Å². The number of hydrogen-bond donors (Lipinski definition) is 1. The summed E-state index contributed by atoms with van der Waals surface area (Å²) in [4.78, 5) is 36.2. The zero-order valence-electron chi connectivity index (χ0n) is 19.9. The second-order valence-corrected chi connectivity index (χ2v) is 12.9. The molecule has 2 aromatic heterocycles. The monoisotopic (exact) mass is 555 g/mol. The Hall–Kier alpha value is -1.83. The lowest BCUT2D eigenvalue weighted by atomic mass is 10.1. The summed E-state index contributed by atoms with van der Waals surface area (Å²) >= 11 is 7.00. The highest BCUT2D eigenvalue weighted by Crippen LogP contribution is 2.29. The number of thiophene rings is 1. The van der Waals surface area contributed by atoms with Crippen LogP contribution in [0.2, 0.25) is 5.15 Å². The molecule has 2 aromatic rings. The average Bonchev–Trinajstić information content (AvgIpc) is 3.49. The number of rotatable bonds is 7. The summed E-state index contributed by atoms with van der Waals surface area (Å²) in [5, 5.41) is 0.283. The molecule has 13 heteroatoms. The maximum atomic E-state index is 13.2. The Balaban J connectivity index is 1.21. The number of ether oxygens (including phenoxy) is 1. The van der Waals surface area contributed by atoms with Gasteiger partial charge in [-0.05, 0) is 43.9 Å². The highest BCUT2D eigenvalue weighted by molar-refractivity contribution is 7.91. The maximum absolute atomic E-state index is 13.2. The maximum Gasteiger partial charge on any atom is 0.250 e. The predicted octanol–water partition coefficient (Wildman–Crippen LogP) is 1.54. The smallest absolute Gasteiger partial charge is 0.250 e. The van der Waals surface area contributed by atoms with Gasteiger partial charge in [0, 0.05) is 38.8 Å². The van der Waals surface area contributed by atoms with Gasteiger partial charge in [0.25, 0.3) is 10.0 Å². The lowest BCUT2D eigenvalue weighted by Gasteiger charge is -2.35. The first-order chi connectivity index (χ1) is 17.3. The van der Waals surface area contributed by atoms with Crippen molar-refractivity contribution in [1.82, 2.24) is 24.4 Å². The molecule has 0 aliphatic carbocycles. The van der Waals surface area contributed by atoms with E-state index in [-0.39, 0.29) is 33.8 Å². The first-order valence-electron chi connectivity index (χ1n) is 12.3. The number of carbonyl (C=O) groups excluding carboxylic acids is 2. The lowest BCUT2D eigenvalue weighted by molar-refractivity contribution is -0.143. The molecule has 3 saturated heterocycles. The van der Waals surface area contributed by atoms with E-state index < -0.39 is 16.1 Å². The SMILES string of the molecule is O=C1[C@@H](NS(=O)(=O)c2cc3nc(Cl)ccc3s2)CCCN1CC(=O)N1CCC[C@H]1CN1CCOCC1. The predicted molar refractivity (Wildman–Crippen MR) is 137 cm³/mol. The lowest BCUT2D eigenvalue weighted by Crippen LogP contribution is -2.55. The number of carbonyl (C=O) groups is 2. The molecule has 0 saturated carbocycles. The van der Waals surface area contributed by atoms with E-state index in [1.54, 1.807) is 12.1 Å². The van der Waals surface area contributed by atoms with Crippen LogP contribution in [0.1, 0.15) is 25.7 Å². The number of piperidine rings is 1. The largest absolute Gasteiger partial charge is 0.379 e. The standard InChI is InChI=1S/C23H30ClN5O5S2/c24-20-6-5-19-18(25-20)13-22(35-19)36(32,33)26-17-4-2-7-28(23(17)31)15-21(30)29-8-1-3-16(29)14-27-9-11-34-12-10-27/h5-6,13,16-17,26H,1-4,7-12,14-15H2/t16-,17-/m0/s1. The quantitative estimate of drug-likeness (QED) is 0.516. The van der Waals surface area contributed by atoms with Crippen molar-refractivity contribution in [2.24, 2.45) is 0 Å². The Morgan fingerprint density at radius 2 is 1.94 bits per heavy atom. The number of pyridine rings is 1. The van der Waals surface area contributed by atoms with E-state index in [4.69, 9.17) is 16.3 Å². The molecular formula is C23H30ClN5O5S2. The number of halogens is 1. The van der Waals surface area contributed by atoms with Crippen LogP contribution in [0.4, 0.5) is 0 Å². The highest BCUT2D eigenvalue weighted by atomic mass is 35.5. The van der Waals surface area contributed by atoms with Gasteiger partial charge >= 0.3 is 0 Å². The van der Waals surface area contributed by atoms with Crippen LogP contribution in [0.5, 0.6) is 0 Å². The van der Waals surface area contributed by atoms with Crippen LogP contribution in [0.3, 0.4) is 0 Å². The Bertz CT molecular complexity index is 1230. The van der Waals surface area contributed by atoms with E-state index in [0.717, 1.165) is 43.8 Å². The first-order valence-corrected chi connectivity index (χ1v) is 14.9. The molecule has 3 aliphatic heterocycles. The summed E-state index contributed by atoms with van der Waals surface area (Å²) in [7, 11) is -3.93. The number of aromatic nitrogens is 1. The van der Waals surface area contributed by atoms with Gasteiger partial charge < -0.3 is 14.5 Å². The van der Waals surface area contributed by atoms with Crippen LogP contribution in [-0.4, -0.2) is 104 Å². The molecule has 0 unspecified atom stereocenters. The van der Waals surface area contributed by atoms with Crippen molar-refractivity contribution < 1.29 is 22.7 Å². The van der Waals surface area contributed by atoms with Gasteiger partial charge in [-0.15, -0.1) is 11.3 Å². The van der Waals surface area contributed by atoms with Gasteiger partial charge in [-0.3, -0.25) is 14.5 Å². The molecule has 2 atom stereocenters. The Morgan fingerprint density at radius 3 is 2.75 bits per heavy atom. The first kappa shape index (κ1) is 25.8. The van der Waals surface area contributed by atoms with Crippen LogP contribution in [0.15, 0.2) is 22.4 Å². The van der Waals surface area contributed by atoms with Gasteiger partial charge in [0.15, 0.2) is 0 Å². The molecular weight excluding hydrogens is 526 g/mol. The molecule has 36 heavy (non-hydrogen) atoms. The van der Waals surface area contributed by atoms with Crippen molar-refractivity contribution in [3.63, 3.8) is 0 Å². The van der Waals surface area contributed by atoms with Crippen LogP contribution >= 0.6 is 22.9 Å². The van der Waals surface area contributed by atoms with Crippen molar-refractivity contribution in [1.29, 1.82) is 0 Å². The summed E-state index contributed by atoms with van der Waals surface area (Å²) in [5.74, 6) is -0.431. The van der Waals surface area contributed by atoms with Gasteiger partial charge in [-0.25, -0.2) is 13.4 Å². The molecule has 0 spiro atoms. The highest BCUT2D eigenvalue weighted by Gasteiger charge is 2.36. The van der Waals surface area contributed by atoms with Crippen molar-refractivity contribution >= 4 is 55.0 Å². The van der Waals surface area contributed by atoms with E-state index in [0.29, 0.717) is 49.4 Å². The molecule has 196 valence electrons. The third kappa shape index (κ3) is 5.68. The third-order valence-corrected chi connectivity index (χ3v) is 10.3. The molecule has 10 nitrogen and oxygen atoms in total. The minimum atomic E-state index is -3.93. The van der Waals surface area contributed by atoms with Crippen LogP contribution in [-0.2, 0) is 24.3 Å². The van der Waals surface area contributed by atoms with Crippen LogP contribution in [0.25, 0.3) is 10.2 Å². The molecule has 2 amide bonds. The molecule has 0 aromatic carbocycles. The number of nitrogens with zero attached hydrogens (tertiary/aromatic N) is 4. The second-order valence-electron chi connectivity index (χ2n) is 9.45. The summed E-state index contributed by atoms with van der Waals surface area (Å²) in [5.41, 5.74) is 0.493. The number of sulfonamides is 1. The Kier molecular flexibility index (Phi) is 7.80. The molecule has 5 rings (SSSR count). The molecule has 1 N–H and O–H groups in total. The number of fused-ring (bicyclic) bond motifs is 1. The van der Waals surface area contributed by atoms with Gasteiger partial charge in [0.05, 0.1) is 30.0 Å². The summed E-state index contributed by atoms with van der Waals surface area (Å²) in [6.07, 6.45) is 2.91. The van der Waals surface area contributed by atoms with Gasteiger partial charge in [0.1, 0.15) is 15.4 Å². The summed E-state index contributed by atoms with van der Waals surface area (Å²) in [6, 6.07) is 4.03. The van der Waals surface area contributed by atoms with Gasteiger partial charge in [-0.2, -0.15) is 4.72 Å². The van der Waals surface area contributed by atoms with E-state index in [1.165, 1.54) is 11.0 Å². The number of morpholine rings is 1. The minimum absolute atomic E-state index is 0.0258. The zero-order chi connectivity index (χ0) is 25.3. The van der Waals surface area contributed by atoms with Crippen molar-refractivity contribution in [2.45, 2.75) is 42.0 Å². The van der Waals surface area contributed by atoms with E-state index in [9.17, 15) is 18.0 Å². The minimum Gasteiger partial charge on any atom is -0.379 e.